The van der Waals surface area contributed by atoms with Gasteiger partial charge in [-0.1, -0.05) is 41.5 Å². The van der Waals surface area contributed by atoms with Crippen molar-refractivity contribution in [1.29, 1.82) is 0 Å². The van der Waals surface area contributed by atoms with Crippen molar-refractivity contribution in [2.75, 3.05) is 0 Å². The van der Waals surface area contributed by atoms with Crippen LogP contribution in [0.4, 0.5) is 0 Å². The lowest BCUT2D eigenvalue weighted by Crippen LogP contribution is -2.49. The predicted molar refractivity (Wildman–Crippen MR) is 55.5 cm³/mol. The summed E-state index contributed by atoms with van der Waals surface area (Å²) in [6.45, 7) is 13.0. The Morgan fingerprint density at radius 1 is 0.923 bits per heavy atom. The van der Waals surface area contributed by atoms with E-state index in [-0.39, 0.29) is 10.8 Å². The van der Waals surface area contributed by atoms with Crippen molar-refractivity contribution in [2.24, 2.45) is 22.7 Å². The molecule has 0 heterocycles. The number of hydrogen-bond donors (Lipinski definition) is 0. The van der Waals surface area contributed by atoms with Crippen LogP contribution in [0.3, 0.4) is 0 Å². The summed E-state index contributed by atoms with van der Waals surface area (Å²) in [5.41, 5.74) is 0.331. The average Bonchev–Trinajstić information content (AvgIpc) is 1.77. The Bertz CT molecular complexity index is 192. The smallest absolute Gasteiger partial charge is 0.140 e. The fourth-order valence-electron chi connectivity index (χ4n) is 2.11. The molecular formula is C12H22O. The van der Waals surface area contributed by atoms with Gasteiger partial charge in [0.15, 0.2) is 0 Å². The van der Waals surface area contributed by atoms with Gasteiger partial charge >= 0.3 is 0 Å². The van der Waals surface area contributed by atoms with E-state index in [2.05, 4.69) is 41.5 Å². The molecule has 0 amide bonds. The molecule has 0 bridgehead atoms. The maximum absolute atomic E-state index is 11.9. The zero-order chi connectivity index (χ0) is 10.4. The zero-order valence-corrected chi connectivity index (χ0v) is 9.77. The minimum atomic E-state index is 0.166. The van der Waals surface area contributed by atoms with E-state index in [1.165, 1.54) is 0 Å². The van der Waals surface area contributed by atoms with Crippen molar-refractivity contribution < 1.29 is 4.79 Å². The highest BCUT2D eigenvalue weighted by Crippen LogP contribution is 2.48. The van der Waals surface area contributed by atoms with E-state index in [4.69, 9.17) is 0 Å². The van der Waals surface area contributed by atoms with Crippen molar-refractivity contribution in [3.8, 4) is 0 Å². The summed E-state index contributed by atoms with van der Waals surface area (Å²) >= 11 is 0. The normalized spacial score (nSPS) is 30.2. The molecule has 0 saturated heterocycles. The lowest BCUT2D eigenvalue weighted by molar-refractivity contribution is -0.147. The number of carbonyl (C=O) groups excluding carboxylic acids is 1. The standard InChI is InChI=1S/C12H22O/c1-11(2,3)8-7-9(10(8)13)12(4,5)6/h8-9H,7H2,1-6H3/t8-,9-/m1/s1. The summed E-state index contributed by atoms with van der Waals surface area (Å²) in [5.74, 6) is 1.09. The predicted octanol–water partition coefficient (Wildman–Crippen LogP) is 3.28. The second kappa shape index (κ2) is 2.83. The Morgan fingerprint density at radius 2 is 1.23 bits per heavy atom. The SMILES string of the molecule is CC(C)(C)[C@@H]1C[C@@H](C(C)(C)C)C1=O. The van der Waals surface area contributed by atoms with E-state index in [9.17, 15) is 4.79 Å². The Labute approximate surface area is 81.9 Å². The molecule has 0 unspecified atom stereocenters. The Kier molecular flexibility index (Phi) is 2.34. The van der Waals surface area contributed by atoms with Crippen LogP contribution in [0.25, 0.3) is 0 Å². The zero-order valence-electron chi connectivity index (χ0n) is 9.77. The second-order valence-corrected chi connectivity index (χ2v) is 6.48. The third-order valence-corrected chi connectivity index (χ3v) is 3.25. The first-order valence-corrected chi connectivity index (χ1v) is 5.18. The van der Waals surface area contributed by atoms with Crippen molar-refractivity contribution in [2.45, 2.75) is 48.0 Å². The van der Waals surface area contributed by atoms with Gasteiger partial charge < -0.3 is 0 Å². The van der Waals surface area contributed by atoms with E-state index >= 15 is 0 Å². The number of carbonyl (C=O) groups is 1. The van der Waals surface area contributed by atoms with Crippen LogP contribution in [-0.4, -0.2) is 5.78 Å². The van der Waals surface area contributed by atoms with Crippen LogP contribution in [0.15, 0.2) is 0 Å². The molecule has 0 N–H and O–H groups in total. The number of rotatable bonds is 0. The molecule has 0 spiro atoms. The van der Waals surface area contributed by atoms with Crippen LogP contribution >= 0.6 is 0 Å². The van der Waals surface area contributed by atoms with Crippen LogP contribution in [-0.2, 0) is 4.79 Å². The van der Waals surface area contributed by atoms with E-state index < -0.39 is 0 Å². The monoisotopic (exact) mass is 182 g/mol. The highest BCUT2D eigenvalue weighted by atomic mass is 16.1. The average molecular weight is 182 g/mol. The number of hydrogen-bond acceptors (Lipinski definition) is 1. The topological polar surface area (TPSA) is 17.1 Å². The van der Waals surface area contributed by atoms with Gasteiger partial charge in [0.1, 0.15) is 5.78 Å². The summed E-state index contributed by atoms with van der Waals surface area (Å²) in [6.07, 6.45) is 1.09. The summed E-state index contributed by atoms with van der Waals surface area (Å²) in [7, 11) is 0. The van der Waals surface area contributed by atoms with Crippen LogP contribution in [0.2, 0.25) is 0 Å². The maximum atomic E-state index is 11.9. The number of Topliss-reactive ketones (excluding diaryl/α,β-unsaturated/α-hetero) is 1. The number of ketones is 1. The molecule has 1 rings (SSSR count). The molecule has 0 aromatic carbocycles. The van der Waals surface area contributed by atoms with Crippen molar-refractivity contribution in [1.82, 2.24) is 0 Å². The van der Waals surface area contributed by atoms with Crippen LogP contribution in [0.1, 0.15) is 48.0 Å². The van der Waals surface area contributed by atoms with E-state index in [1.807, 2.05) is 0 Å². The van der Waals surface area contributed by atoms with Crippen LogP contribution < -0.4 is 0 Å². The highest BCUT2D eigenvalue weighted by Gasteiger charge is 2.49. The molecule has 1 fully saturated rings. The van der Waals surface area contributed by atoms with E-state index in [0.717, 1.165) is 6.42 Å². The molecular weight excluding hydrogens is 160 g/mol. The molecule has 0 aliphatic heterocycles. The Morgan fingerprint density at radius 3 is 1.38 bits per heavy atom. The lowest BCUT2D eigenvalue weighted by Gasteiger charge is -2.47. The largest absolute Gasteiger partial charge is 0.299 e. The molecule has 13 heavy (non-hydrogen) atoms. The minimum absolute atomic E-state index is 0.166. The molecule has 0 aromatic rings. The quantitative estimate of drug-likeness (QED) is 0.562. The fourth-order valence-corrected chi connectivity index (χ4v) is 2.11. The van der Waals surface area contributed by atoms with Gasteiger partial charge in [0, 0.05) is 11.8 Å². The van der Waals surface area contributed by atoms with Crippen molar-refractivity contribution in [3.05, 3.63) is 0 Å². The van der Waals surface area contributed by atoms with Crippen LogP contribution in [0.5, 0.6) is 0 Å². The third-order valence-electron chi connectivity index (χ3n) is 3.25. The van der Waals surface area contributed by atoms with Crippen molar-refractivity contribution >= 4 is 5.78 Å². The van der Waals surface area contributed by atoms with Gasteiger partial charge in [-0.05, 0) is 17.3 Å². The molecule has 1 saturated carbocycles. The summed E-state index contributed by atoms with van der Waals surface area (Å²) in [6, 6.07) is 0. The highest BCUT2D eigenvalue weighted by molar-refractivity contribution is 5.90. The molecule has 1 nitrogen and oxygen atoms in total. The Hall–Kier alpha value is -0.330. The van der Waals surface area contributed by atoms with Gasteiger partial charge in [0.05, 0.1) is 0 Å². The van der Waals surface area contributed by atoms with Gasteiger partial charge in [0.25, 0.3) is 0 Å². The molecule has 1 aliphatic carbocycles. The molecule has 0 radical (unpaired) electrons. The van der Waals surface area contributed by atoms with E-state index in [0.29, 0.717) is 17.6 Å². The Balaban J connectivity index is 2.64. The lowest BCUT2D eigenvalue weighted by atomic mass is 9.55. The van der Waals surface area contributed by atoms with Gasteiger partial charge in [-0.2, -0.15) is 0 Å². The van der Waals surface area contributed by atoms with Crippen LogP contribution in [0, 0.1) is 22.7 Å². The van der Waals surface area contributed by atoms with E-state index in [1.54, 1.807) is 0 Å². The summed E-state index contributed by atoms with van der Waals surface area (Å²) in [4.78, 5) is 11.9. The molecule has 0 aromatic heterocycles. The molecule has 76 valence electrons. The van der Waals surface area contributed by atoms with Gasteiger partial charge in [-0.15, -0.1) is 0 Å². The molecule has 1 heteroatoms. The summed E-state index contributed by atoms with van der Waals surface area (Å²) < 4.78 is 0. The van der Waals surface area contributed by atoms with Gasteiger partial charge in [-0.3, -0.25) is 4.79 Å². The first-order chi connectivity index (χ1) is 5.64. The first kappa shape index (κ1) is 10.7. The van der Waals surface area contributed by atoms with Gasteiger partial charge in [-0.25, -0.2) is 0 Å². The third kappa shape index (κ3) is 1.95. The van der Waals surface area contributed by atoms with Gasteiger partial charge in [0.2, 0.25) is 0 Å². The van der Waals surface area contributed by atoms with Crippen molar-refractivity contribution in [3.63, 3.8) is 0 Å². The molecule has 1 aliphatic rings. The maximum Gasteiger partial charge on any atom is 0.140 e. The first-order valence-electron chi connectivity index (χ1n) is 5.18. The second-order valence-electron chi connectivity index (χ2n) is 6.48. The molecule has 2 atom stereocenters. The minimum Gasteiger partial charge on any atom is -0.299 e. The fraction of sp³-hybridized carbons (Fsp3) is 0.917. The summed E-state index contributed by atoms with van der Waals surface area (Å²) in [5, 5.41) is 0.